The van der Waals surface area contributed by atoms with Gasteiger partial charge in [0, 0.05) is 5.69 Å². The minimum atomic E-state index is -4.50. The zero-order chi connectivity index (χ0) is 13.6. The van der Waals surface area contributed by atoms with Crippen molar-refractivity contribution in [3.63, 3.8) is 0 Å². The Bertz CT molecular complexity index is 438. The second-order valence-electron chi connectivity index (χ2n) is 3.33. The molecule has 18 heavy (non-hydrogen) atoms. The number of hydrogen-bond donors (Lipinski definition) is 2. The third-order valence-corrected chi connectivity index (χ3v) is 2.04. The van der Waals surface area contributed by atoms with Crippen LogP contribution in [0.4, 0.5) is 18.9 Å². The molecular formula is C12H12F3NO2. The van der Waals surface area contributed by atoms with E-state index < -0.39 is 11.7 Å². The van der Waals surface area contributed by atoms with Gasteiger partial charge in [-0.3, -0.25) is 0 Å². The highest BCUT2D eigenvalue weighted by atomic mass is 19.4. The standard InChI is InChI=1S/C12H12F3NO2/c1-2-5-16-11-4-3-9(18-7-6-17)8-10(11)12(13,14)15/h1,3-4,8,16-17H,5-7H2. The number of hydrogen-bond acceptors (Lipinski definition) is 3. The first-order valence-electron chi connectivity index (χ1n) is 5.11. The molecule has 0 amide bonds. The average Bonchev–Trinajstić information content (AvgIpc) is 2.33. The molecule has 0 aliphatic rings. The van der Waals surface area contributed by atoms with Gasteiger partial charge in [-0.25, -0.2) is 0 Å². The highest BCUT2D eigenvalue weighted by Crippen LogP contribution is 2.37. The first-order valence-corrected chi connectivity index (χ1v) is 5.11. The monoisotopic (exact) mass is 259 g/mol. The lowest BCUT2D eigenvalue weighted by atomic mass is 10.1. The molecule has 0 bridgehead atoms. The molecule has 0 atom stereocenters. The van der Waals surface area contributed by atoms with Crippen molar-refractivity contribution in [1.82, 2.24) is 0 Å². The van der Waals surface area contributed by atoms with Gasteiger partial charge < -0.3 is 15.2 Å². The second kappa shape index (κ2) is 6.17. The molecule has 0 heterocycles. The lowest BCUT2D eigenvalue weighted by Crippen LogP contribution is -2.12. The van der Waals surface area contributed by atoms with E-state index in [1.54, 1.807) is 0 Å². The Morgan fingerprint density at radius 1 is 1.39 bits per heavy atom. The van der Waals surface area contributed by atoms with Crippen molar-refractivity contribution in [2.75, 3.05) is 25.1 Å². The van der Waals surface area contributed by atoms with Crippen LogP contribution in [0.3, 0.4) is 0 Å². The summed E-state index contributed by atoms with van der Waals surface area (Å²) in [4.78, 5) is 0. The molecule has 0 spiro atoms. The molecule has 0 aliphatic carbocycles. The summed E-state index contributed by atoms with van der Waals surface area (Å²) in [6, 6.07) is 3.49. The lowest BCUT2D eigenvalue weighted by Gasteiger charge is -2.15. The molecule has 0 aliphatic heterocycles. The summed E-state index contributed by atoms with van der Waals surface area (Å²) in [5.74, 6) is 2.25. The maximum Gasteiger partial charge on any atom is 0.418 e. The zero-order valence-electron chi connectivity index (χ0n) is 9.42. The van der Waals surface area contributed by atoms with Gasteiger partial charge in [-0.2, -0.15) is 13.2 Å². The minimum absolute atomic E-state index is 0.0000756. The van der Waals surface area contributed by atoms with Gasteiger partial charge in [-0.05, 0) is 18.2 Å². The maximum atomic E-state index is 12.8. The summed E-state index contributed by atoms with van der Waals surface area (Å²) in [6.07, 6.45) is 0.480. The normalized spacial score (nSPS) is 10.8. The molecule has 0 fully saturated rings. The van der Waals surface area contributed by atoms with Crippen LogP contribution in [0.5, 0.6) is 5.75 Å². The fourth-order valence-electron chi connectivity index (χ4n) is 1.31. The number of nitrogens with one attached hydrogen (secondary N) is 1. The summed E-state index contributed by atoms with van der Waals surface area (Å²) in [7, 11) is 0. The van der Waals surface area contributed by atoms with Crippen LogP contribution in [0.25, 0.3) is 0 Å². The SMILES string of the molecule is C#CCNc1ccc(OCCO)cc1C(F)(F)F. The molecule has 0 aromatic heterocycles. The van der Waals surface area contributed by atoms with E-state index in [-0.39, 0.29) is 31.2 Å². The molecule has 2 N–H and O–H groups in total. The minimum Gasteiger partial charge on any atom is -0.491 e. The Morgan fingerprint density at radius 2 is 2.11 bits per heavy atom. The molecular weight excluding hydrogens is 247 g/mol. The van der Waals surface area contributed by atoms with E-state index in [1.165, 1.54) is 12.1 Å². The van der Waals surface area contributed by atoms with Crippen molar-refractivity contribution in [3.05, 3.63) is 23.8 Å². The van der Waals surface area contributed by atoms with E-state index >= 15 is 0 Å². The van der Waals surface area contributed by atoms with Gasteiger partial charge >= 0.3 is 6.18 Å². The Labute approximate surface area is 103 Å². The van der Waals surface area contributed by atoms with Crippen molar-refractivity contribution in [3.8, 4) is 18.1 Å². The zero-order valence-corrected chi connectivity index (χ0v) is 9.42. The largest absolute Gasteiger partial charge is 0.491 e. The van der Waals surface area contributed by atoms with Gasteiger partial charge in [-0.15, -0.1) is 6.42 Å². The van der Waals surface area contributed by atoms with Crippen LogP contribution in [-0.4, -0.2) is 24.9 Å². The van der Waals surface area contributed by atoms with E-state index in [0.29, 0.717) is 0 Å². The van der Waals surface area contributed by atoms with Gasteiger partial charge in [-0.1, -0.05) is 5.92 Å². The van der Waals surface area contributed by atoms with E-state index in [2.05, 4.69) is 11.2 Å². The van der Waals surface area contributed by atoms with Crippen LogP contribution >= 0.6 is 0 Å². The van der Waals surface area contributed by atoms with Crippen LogP contribution in [-0.2, 0) is 6.18 Å². The van der Waals surface area contributed by atoms with Crippen molar-refractivity contribution in [2.24, 2.45) is 0 Å². The average molecular weight is 259 g/mol. The molecule has 0 saturated heterocycles. The number of alkyl halides is 3. The molecule has 0 unspecified atom stereocenters. The fraction of sp³-hybridized carbons (Fsp3) is 0.333. The highest BCUT2D eigenvalue weighted by molar-refractivity contribution is 5.56. The predicted molar refractivity (Wildman–Crippen MR) is 61.3 cm³/mol. The smallest absolute Gasteiger partial charge is 0.418 e. The van der Waals surface area contributed by atoms with Crippen molar-refractivity contribution in [2.45, 2.75) is 6.18 Å². The number of rotatable bonds is 5. The van der Waals surface area contributed by atoms with Crippen LogP contribution in [0.15, 0.2) is 18.2 Å². The van der Waals surface area contributed by atoms with Crippen LogP contribution in [0.2, 0.25) is 0 Å². The van der Waals surface area contributed by atoms with Gasteiger partial charge in [0.05, 0.1) is 18.7 Å². The number of aliphatic hydroxyl groups excluding tert-OH is 1. The summed E-state index contributed by atoms with van der Waals surface area (Å²) in [6.45, 7) is -0.327. The van der Waals surface area contributed by atoms with Gasteiger partial charge in [0.1, 0.15) is 12.4 Å². The molecule has 3 nitrogen and oxygen atoms in total. The topological polar surface area (TPSA) is 41.5 Å². The summed E-state index contributed by atoms with van der Waals surface area (Å²) >= 11 is 0. The van der Waals surface area contributed by atoms with E-state index in [4.69, 9.17) is 16.3 Å². The Kier molecular flexibility index (Phi) is 4.86. The maximum absolute atomic E-state index is 12.8. The summed E-state index contributed by atoms with van der Waals surface area (Å²) in [5.41, 5.74) is -0.954. The third kappa shape index (κ3) is 3.86. The van der Waals surface area contributed by atoms with Crippen molar-refractivity contribution >= 4 is 5.69 Å². The number of ether oxygens (including phenoxy) is 1. The lowest BCUT2D eigenvalue weighted by molar-refractivity contribution is -0.137. The number of anilines is 1. The molecule has 6 heteroatoms. The first-order chi connectivity index (χ1) is 8.49. The van der Waals surface area contributed by atoms with E-state index in [0.717, 1.165) is 6.07 Å². The van der Waals surface area contributed by atoms with Crippen molar-refractivity contribution in [1.29, 1.82) is 0 Å². The summed E-state index contributed by atoms with van der Waals surface area (Å²) < 4.78 is 43.3. The highest BCUT2D eigenvalue weighted by Gasteiger charge is 2.34. The summed E-state index contributed by atoms with van der Waals surface area (Å²) in [5, 5.41) is 11.0. The molecule has 1 aromatic carbocycles. The molecule has 0 radical (unpaired) electrons. The van der Waals surface area contributed by atoms with Gasteiger partial charge in [0.15, 0.2) is 0 Å². The van der Waals surface area contributed by atoms with E-state index in [9.17, 15) is 13.2 Å². The quantitative estimate of drug-likeness (QED) is 0.796. The first kappa shape index (κ1) is 14.2. The number of halogens is 3. The third-order valence-electron chi connectivity index (χ3n) is 2.04. The van der Waals surface area contributed by atoms with Gasteiger partial charge in [0.2, 0.25) is 0 Å². The Morgan fingerprint density at radius 3 is 2.67 bits per heavy atom. The Balaban J connectivity index is 3.01. The molecule has 98 valence electrons. The van der Waals surface area contributed by atoms with Crippen molar-refractivity contribution < 1.29 is 23.0 Å². The van der Waals surface area contributed by atoms with E-state index in [1.807, 2.05) is 0 Å². The Hall–Kier alpha value is -1.87. The van der Waals surface area contributed by atoms with Crippen LogP contribution < -0.4 is 10.1 Å². The molecule has 0 saturated carbocycles. The molecule has 1 rings (SSSR count). The molecule has 1 aromatic rings. The number of aliphatic hydroxyl groups is 1. The second-order valence-corrected chi connectivity index (χ2v) is 3.33. The predicted octanol–water partition coefficient (Wildman–Crippen LogP) is 2.12. The number of terminal acetylenes is 1. The number of benzene rings is 1. The van der Waals surface area contributed by atoms with Gasteiger partial charge in [0.25, 0.3) is 0 Å². The van der Waals surface area contributed by atoms with Crippen LogP contribution in [0, 0.1) is 12.3 Å². The fourth-order valence-corrected chi connectivity index (χ4v) is 1.31. The van der Waals surface area contributed by atoms with Crippen LogP contribution in [0.1, 0.15) is 5.56 Å².